The van der Waals surface area contributed by atoms with Crippen LogP contribution in [0.25, 0.3) is 5.65 Å². The normalized spacial score (nSPS) is 10.8. The van der Waals surface area contributed by atoms with E-state index in [-0.39, 0.29) is 11.8 Å². The molecule has 0 atom stereocenters. The summed E-state index contributed by atoms with van der Waals surface area (Å²) in [6, 6.07) is 9.29. The zero-order chi connectivity index (χ0) is 20.1. The number of aromatic nitrogens is 3. The predicted molar refractivity (Wildman–Crippen MR) is 109 cm³/mol. The third-order valence-corrected chi connectivity index (χ3v) is 4.60. The van der Waals surface area contributed by atoms with E-state index in [2.05, 4.69) is 15.3 Å². The van der Waals surface area contributed by atoms with Gasteiger partial charge < -0.3 is 5.32 Å². The van der Waals surface area contributed by atoms with Crippen molar-refractivity contribution in [2.45, 2.75) is 33.6 Å². The van der Waals surface area contributed by atoms with Crippen molar-refractivity contribution < 1.29 is 9.59 Å². The van der Waals surface area contributed by atoms with Gasteiger partial charge in [0.1, 0.15) is 11.5 Å². The van der Waals surface area contributed by atoms with Gasteiger partial charge in [0.05, 0.1) is 11.3 Å². The van der Waals surface area contributed by atoms with Crippen LogP contribution < -0.4 is 10.2 Å². The molecule has 0 spiro atoms. The number of fused-ring (bicyclic) bond motifs is 1. The Bertz CT molecular complexity index is 981. The van der Waals surface area contributed by atoms with E-state index >= 15 is 0 Å². The first-order chi connectivity index (χ1) is 13.5. The van der Waals surface area contributed by atoms with Crippen molar-refractivity contribution in [2.24, 2.45) is 0 Å². The summed E-state index contributed by atoms with van der Waals surface area (Å²) in [5.41, 5.74) is 3.01. The summed E-state index contributed by atoms with van der Waals surface area (Å²) in [4.78, 5) is 35.2. The Labute approximate surface area is 164 Å². The summed E-state index contributed by atoms with van der Waals surface area (Å²) in [5.74, 6) is 0.515. The molecule has 28 heavy (non-hydrogen) atoms. The van der Waals surface area contributed by atoms with Gasteiger partial charge in [-0.15, -0.1) is 0 Å². The maximum atomic E-state index is 12.6. The molecule has 0 bridgehead atoms. The maximum absolute atomic E-state index is 12.6. The third kappa shape index (κ3) is 4.03. The van der Waals surface area contributed by atoms with E-state index in [1.54, 1.807) is 23.4 Å². The van der Waals surface area contributed by atoms with Gasteiger partial charge in [-0.3, -0.25) is 23.9 Å². The van der Waals surface area contributed by atoms with Gasteiger partial charge >= 0.3 is 0 Å². The molecule has 0 aromatic carbocycles. The predicted octanol–water partition coefficient (Wildman–Crippen LogP) is 2.64. The van der Waals surface area contributed by atoms with Crippen molar-refractivity contribution in [1.29, 1.82) is 0 Å². The lowest BCUT2D eigenvalue weighted by atomic mass is 10.2. The van der Waals surface area contributed by atoms with Crippen LogP contribution in [0.4, 0.5) is 5.82 Å². The number of nitrogens with zero attached hydrogens (tertiary/aromatic N) is 4. The molecule has 1 N–H and O–H groups in total. The van der Waals surface area contributed by atoms with E-state index in [1.807, 2.05) is 42.5 Å². The van der Waals surface area contributed by atoms with E-state index in [4.69, 9.17) is 0 Å². The van der Waals surface area contributed by atoms with Gasteiger partial charge in [0.2, 0.25) is 5.91 Å². The first-order valence-corrected chi connectivity index (χ1v) is 9.52. The largest absolute Gasteiger partial charge is 0.352 e. The van der Waals surface area contributed by atoms with E-state index in [1.165, 1.54) is 6.92 Å². The first kappa shape index (κ1) is 19.5. The maximum Gasteiger partial charge on any atom is 0.252 e. The Morgan fingerprint density at radius 3 is 2.64 bits per heavy atom. The van der Waals surface area contributed by atoms with Crippen molar-refractivity contribution in [3.63, 3.8) is 0 Å². The van der Waals surface area contributed by atoms with Crippen LogP contribution >= 0.6 is 0 Å². The van der Waals surface area contributed by atoms with Crippen LogP contribution in [-0.4, -0.2) is 39.3 Å². The molecule has 2 amide bonds. The molecule has 3 aromatic rings. The summed E-state index contributed by atoms with van der Waals surface area (Å²) < 4.78 is 1.83. The van der Waals surface area contributed by atoms with E-state index < -0.39 is 0 Å². The van der Waals surface area contributed by atoms with Gasteiger partial charge in [-0.2, -0.15) is 0 Å². The zero-order valence-corrected chi connectivity index (χ0v) is 16.5. The summed E-state index contributed by atoms with van der Waals surface area (Å²) in [5, 5.41) is 2.93. The van der Waals surface area contributed by atoms with Crippen LogP contribution in [0.1, 0.15) is 42.5 Å². The van der Waals surface area contributed by atoms with Crippen molar-refractivity contribution >= 4 is 23.3 Å². The number of hydrogen-bond acceptors (Lipinski definition) is 4. The van der Waals surface area contributed by atoms with Crippen LogP contribution in [0.15, 0.2) is 42.7 Å². The number of carbonyl (C=O) groups excluding carboxylic acids is 2. The molecular formula is C21H25N5O2. The number of anilines is 1. The minimum absolute atomic E-state index is 0.0517. The minimum Gasteiger partial charge on any atom is -0.352 e. The van der Waals surface area contributed by atoms with E-state index in [0.717, 1.165) is 22.9 Å². The smallest absolute Gasteiger partial charge is 0.252 e. The molecule has 0 radical (unpaired) electrons. The molecule has 0 aliphatic carbocycles. The first-order valence-electron chi connectivity index (χ1n) is 9.52. The third-order valence-electron chi connectivity index (χ3n) is 4.60. The van der Waals surface area contributed by atoms with Crippen LogP contribution in [0.2, 0.25) is 0 Å². The average Bonchev–Trinajstić information content (AvgIpc) is 3.07. The molecule has 3 rings (SSSR count). The molecule has 0 unspecified atom stereocenters. The highest BCUT2D eigenvalue weighted by Crippen LogP contribution is 2.24. The lowest BCUT2D eigenvalue weighted by Gasteiger charge is -2.20. The van der Waals surface area contributed by atoms with Crippen molar-refractivity contribution in [3.8, 4) is 0 Å². The Kier molecular flexibility index (Phi) is 6.03. The standard InChI is InChI=1S/C21H25N5O2/c1-4-18-21(25(5-2)15(3)27)26-14-16(9-10-19(26)24-18)20(28)23-13-11-17-8-6-7-12-22-17/h6-10,12,14H,4-5,11,13H2,1-3H3,(H,23,28). The molecular weight excluding hydrogens is 354 g/mol. The fourth-order valence-corrected chi connectivity index (χ4v) is 3.21. The molecule has 0 fully saturated rings. The second-order valence-electron chi connectivity index (χ2n) is 6.47. The van der Waals surface area contributed by atoms with Gasteiger partial charge in [-0.25, -0.2) is 4.98 Å². The fraction of sp³-hybridized carbons (Fsp3) is 0.333. The number of amides is 2. The highest BCUT2D eigenvalue weighted by atomic mass is 16.2. The number of imidazole rings is 1. The molecule has 0 saturated heterocycles. The molecule has 0 saturated carbocycles. The molecule has 146 valence electrons. The Morgan fingerprint density at radius 1 is 1.18 bits per heavy atom. The number of nitrogens with one attached hydrogen (secondary N) is 1. The molecule has 0 aliphatic heterocycles. The topological polar surface area (TPSA) is 79.6 Å². The summed E-state index contributed by atoms with van der Waals surface area (Å²) in [6.07, 6.45) is 4.86. The summed E-state index contributed by atoms with van der Waals surface area (Å²) in [7, 11) is 0. The number of hydrogen-bond donors (Lipinski definition) is 1. The number of rotatable bonds is 7. The summed E-state index contributed by atoms with van der Waals surface area (Å²) in [6.45, 7) is 6.51. The molecule has 0 aliphatic rings. The lowest BCUT2D eigenvalue weighted by molar-refractivity contribution is -0.116. The fourth-order valence-electron chi connectivity index (χ4n) is 3.21. The Balaban J connectivity index is 1.84. The highest BCUT2D eigenvalue weighted by Gasteiger charge is 2.20. The van der Waals surface area contributed by atoms with Gasteiger partial charge in [0.25, 0.3) is 5.91 Å². The van der Waals surface area contributed by atoms with Crippen LogP contribution in [0.5, 0.6) is 0 Å². The highest BCUT2D eigenvalue weighted by molar-refractivity contribution is 5.95. The van der Waals surface area contributed by atoms with Crippen LogP contribution in [0.3, 0.4) is 0 Å². The zero-order valence-electron chi connectivity index (χ0n) is 16.5. The average molecular weight is 379 g/mol. The minimum atomic E-state index is -0.165. The quantitative estimate of drug-likeness (QED) is 0.684. The van der Waals surface area contributed by atoms with Crippen LogP contribution in [0, 0.1) is 0 Å². The van der Waals surface area contributed by atoms with Crippen molar-refractivity contribution in [2.75, 3.05) is 18.0 Å². The van der Waals surface area contributed by atoms with Gasteiger partial charge in [-0.05, 0) is 37.6 Å². The number of carbonyl (C=O) groups is 2. The molecule has 3 heterocycles. The summed E-state index contributed by atoms with van der Waals surface area (Å²) >= 11 is 0. The van der Waals surface area contributed by atoms with Crippen molar-refractivity contribution in [1.82, 2.24) is 19.7 Å². The van der Waals surface area contributed by atoms with Gasteiger partial charge in [0, 0.05) is 44.5 Å². The molecule has 3 aromatic heterocycles. The van der Waals surface area contributed by atoms with E-state index in [0.29, 0.717) is 31.5 Å². The Hall–Kier alpha value is -3.22. The number of aryl methyl sites for hydroxylation is 1. The SMILES string of the molecule is CCc1nc2ccc(C(=O)NCCc3ccccn3)cn2c1N(CC)C(C)=O. The second-order valence-corrected chi connectivity index (χ2v) is 6.47. The van der Waals surface area contributed by atoms with Crippen LogP contribution in [-0.2, 0) is 17.6 Å². The van der Waals surface area contributed by atoms with E-state index in [9.17, 15) is 9.59 Å². The number of pyridine rings is 2. The second kappa shape index (κ2) is 8.65. The van der Waals surface area contributed by atoms with Crippen molar-refractivity contribution in [3.05, 3.63) is 59.7 Å². The molecule has 7 heteroatoms. The van der Waals surface area contributed by atoms with Gasteiger partial charge in [0.15, 0.2) is 0 Å². The lowest BCUT2D eigenvalue weighted by Crippen LogP contribution is -2.30. The van der Waals surface area contributed by atoms with Gasteiger partial charge in [-0.1, -0.05) is 13.0 Å². The molecule has 7 nitrogen and oxygen atoms in total. The monoisotopic (exact) mass is 379 g/mol. The Morgan fingerprint density at radius 2 is 2.00 bits per heavy atom.